The molecule has 5 nitrogen and oxygen atoms in total. The van der Waals surface area contributed by atoms with Crippen LogP contribution in [0.15, 0.2) is 42.5 Å². The van der Waals surface area contributed by atoms with Crippen LogP contribution >= 0.6 is 0 Å². The van der Waals surface area contributed by atoms with Crippen LogP contribution in [0.1, 0.15) is 12.5 Å². The largest absolute Gasteiger partial charge is 0.490 e. The molecule has 1 aliphatic rings. The first-order chi connectivity index (χ1) is 12.3. The summed E-state index contributed by atoms with van der Waals surface area (Å²) >= 11 is 0. The number of fused-ring (bicyclic) bond motifs is 1. The lowest BCUT2D eigenvalue weighted by atomic mass is 10.2. The summed E-state index contributed by atoms with van der Waals surface area (Å²) in [5, 5.41) is 0. The minimum atomic E-state index is 0.602. The molecular formula is C20H25NO4. The predicted octanol–water partition coefficient (Wildman–Crippen LogP) is 3.37. The van der Waals surface area contributed by atoms with Gasteiger partial charge in [0, 0.05) is 13.1 Å². The Morgan fingerprint density at radius 1 is 0.960 bits per heavy atom. The molecule has 0 aliphatic carbocycles. The molecular weight excluding hydrogens is 318 g/mol. The zero-order valence-electron chi connectivity index (χ0n) is 14.9. The normalized spacial score (nSPS) is 12.9. The second kappa shape index (κ2) is 8.62. The Hall–Kier alpha value is -2.40. The van der Waals surface area contributed by atoms with E-state index >= 15 is 0 Å². The Kier molecular flexibility index (Phi) is 6.01. The van der Waals surface area contributed by atoms with Crippen molar-refractivity contribution in [2.45, 2.75) is 13.5 Å². The number of nitrogens with zero attached hydrogens (tertiary/aromatic N) is 1. The topological polar surface area (TPSA) is 40.2 Å². The minimum Gasteiger partial charge on any atom is -0.490 e. The molecule has 0 radical (unpaired) electrons. The number of ether oxygens (including phenoxy) is 4. The fraction of sp³-hybridized carbons (Fsp3) is 0.400. The molecule has 134 valence electrons. The van der Waals surface area contributed by atoms with Crippen molar-refractivity contribution in [2.24, 2.45) is 0 Å². The summed E-state index contributed by atoms with van der Waals surface area (Å²) in [6, 6.07) is 13.9. The van der Waals surface area contributed by atoms with Crippen LogP contribution in [0.4, 0.5) is 0 Å². The van der Waals surface area contributed by atoms with Crippen LogP contribution < -0.4 is 18.9 Å². The quantitative estimate of drug-likeness (QED) is 0.735. The third-order valence-electron chi connectivity index (χ3n) is 3.94. The van der Waals surface area contributed by atoms with E-state index in [-0.39, 0.29) is 0 Å². The molecule has 0 unspecified atom stereocenters. The molecule has 0 saturated heterocycles. The Balaban J connectivity index is 1.49. The van der Waals surface area contributed by atoms with Gasteiger partial charge >= 0.3 is 0 Å². The highest BCUT2D eigenvalue weighted by Gasteiger charge is 2.12. The van der Waals surface area contributed by atoms with Crippen molar-refractivity contribution in [3.8, 4) is 23.0 Å². The van der Waals surface area contributed by atoms with Crippen LogP contribution in [0.2, 0.25) is 0 Å². The average Bonchev–Trinajstić information content (AvgIpc) is 2.63. The van der Waals surface area contributed by atoms with E-state index in [0.717, 1.165) is 36.1 Å². The summed E-state index contributed by atoms with van der Waals surface area (Å²) < 4.78 is 22.7. The summed E-state index contributed by atoms with van der Waals surface area (Å²) in [6.07, 6.45) is 0. The van der Waals surface area contributed by atoms with E-state index in [2.05, 4.69) is 24.1 Å². The van der Waals surface area contributed by atoms with Gasteiger partial charge in [-0.3, -0.25) is 4.90 Å². The molecule has 0 amide bonds. The highest BCUT2D eigenvalue weighted by atomic mass is 16.6. The Morgan fingerprint density at radius 3 is 2.44 bits per heavy atom. The van der Waals surface area contributed by atoms with E-state index in [1.165, 1.54) is 5.56 Å². The molecule has 5 heteroatoms. The fourth-order valence-electron chi connectivity index (χ4n) is 2.73. The van der Waals surface area contributed by atoms with E-state index in [1.54, 1.807) is 0 Å². The maximum Gasteiger partial charge on any atom is 0.161 e. The average molecular weight is 343 g/mol. The number of likely N-dealkylation sites (N-methyl/N-ethyl adjacent to an activating group) is 1. The SMILES string of the molecule is CCOc1ccccc1OCCN(C)Cc1ccc2c(c1)OCCO2. The maximum absolute atomic E-state index is 5.88. The lowest BCUT2D eigenvalue weighted by Crippen LogP contribution is -2.24. The van der Waals surface area contributed by atoms with Crippen molar-refractivity contribution >= 4 is 0 Å². The molecule has 2 aromatic rings. The van der Waals surface area contributed by atoms with E-state index in [4.69, 9.17) is 18.9 Å². The van der Waals surface area contributed by atoms with Crippen molar-refractivity contribution in [1.29, 1.82) is 0 Å². The first kappa shape index (κ1) is 17.4. The molecule has 1 heterocycles. The van der Waals surface area contributed by atoms with Crippen molar-refractivity contribution in [1.82, 2.24) is 4.90 Å². The highest BCUT2D eigenvalue weighted by molar-refractivity contribution is 5.43. The molecule has 0 fully saturated rings. The zero-order chi connectivity index (χ0) is 17.5. The summed E-state index contributed by atoms with van der Waals surface area (Å²) in [5.74, 6) is 3.24. The summed E-state index contributed by atoms with van der Waals surface area (Å²) in [6.45, 7) is 6.07. The van der Waals surface area contributed by atoms with Gasteiger partial charge in [0.2, 0.25) is 0 Å². The lowest BCUT2D eigenvalue weighted by Gasteiger charge is -2.21. The fourth-order valence-corrected chi connectivity index (χ4v) is 2.73. The zero-order valence-corrected chi connectivity index (χ0v) is 14.9. The highest BCUT2D eigenvalue weighted by Crippen LogP contribution is 2.31. The molecule has 0 saturated carbocycles. The lowest BCUT2D eigenvalue weighted by molar-refractivity contribution is 0.171. The first-order valence-corrected chi connectivity index (χ1v) is 8.68. The van der Waals surface area contributed by atoms with Crippen LogP contribution in [-0.2, 0) is 6.54 Å². The van der Waals surface area contributed by atoms with Gasteiger partial charge in [0.15, 0.2) is 23.0 Å². The van der Waals surface area contributed by atoms with Crippen molar-refractivity contribution in [2.75, 3.05) is 40.0 Å². The van der Waals surface area contributed by atoms with Crippen LogP contribution in [0, 0.1) is 0 Å². The van der Waals surface area contributed by atoms with E-state index in [0.29, 0.717) is 26.4 Å². The van der Waals surface area contributed by atoms with Crippen LogP contribution in [0.3, 0.4) is 0 Å². The maximum atomic E-state index is 5.88. The molecule has 25 heavy (non-hydrogen) atoms. The third-order valence-corrected chi connectivity index (χ3v) is 3.94. The van der Waals surface area contributed by atoms with Crippen LogP contribution in [0.25, 0.3) is 0 Å². The second-order valence-electron chi connectivity index (χ2n) is 5.94. The van der Waals surface area contributed by atoms with Crippen molar-refractivity contribution in [3.05, 3.63) is 48.0 Å². The van der Waals surface area contributed by atoms with Crippen molar-refractivity contribution < 1.29 is 18.9 Å². The first-order valence-electron chi connectivity index (χ1n) is 8.68. The van der Waals surface area contributed by atoms with Gasteiger partial charge in [-0.1, -0.05) is 18.2 Å². The number of benzene rings is 2. The van der Waals surface area contributed by atoms with Gasteiger partial charge in [-0.25, -0.2) is 0 Å². The van der Waals surface area contributed by atoms with E-state index < -0.39 is 0 Å². The molecule has 0 aromatic heterocycles. The smallest absolute Gasteiger partial charge is 0.161 e. The molecule has 0 N–H and O–H groups in total. The molecule has 0 bridgehead atoms. The minimum absolute atomic E-state index is 0.602. The van der Waals surface area contributed by atoms with Gasteiger partial charge in [-0.15, -0.1) is 0 Å². The van der Waals surface area contributed by atoms with E-state index in [9.17, 15) is 0 Å². The number of rotatable bonds is 8. The van der Waals surface area contributed by atoms with Gasteiger partial charge < -0.3 is 18.9 Å². The number of hydrogen-bond donors (Lipinski definition) is 0. The number of hydrogen-bond acceptors (Lipinski definition) is 5. The van der Waals surface area contributed by atoms with Crippen molar-refractivity contribution in [3.63, 3.8) is 0 Å². The summed E-state index contributed by atoms with van der Waals surface area (Å²) in [4.78, 5) is 2.22. The Labute approximate surface area is 149 Å². The Morgan fingerprint density at radius 2 is 1.68 bits per heavy atom. The van der Waals surface area contributed by atoms with Crippen LogP contribution in [0.5, 0.6) is 23.0 Å². The summed E-state index contributed by atoms with van der Waals surface area (Å²) in [5.41, 5.74) is 1.20. The predicted molar refractivity (Wildman–Crippen MR) is 96.9 cm³/mol. The van der Waals surface area contributed by atoms with Gasteiger partial charge in [-0.05, 0) is 43.8 Å². The second-order valence-corrected chi connectivity index (χ2v) is 5.94. The Bertz CT molecular complexity index is 689. The van der Waals surface area contributed by atoms with E-state index in [1.807, 2.05) is 37.3 Å². The standard InChI is InChI=1S/C20H25NO4/c1-3-22-17-6-4-5-7-18(17)23-11-10-21(2)15-16-8-9-19-20(14-16)25-13-12-24-19/h4-9,14H,3,10-13,15H2,1-2H3. The van der Waals surface area contributed by atoms with Gasteiger partial charge in [-0.2, -0.15) is 0 Å². The van der Waals surface area contributed by atoms with Gasteiger partial charge in [0.05, 0.1) is 6.61 Å². The van der Waals surface area contributed by atoms with Crippen LogP contribution in [-0.4, -0.2) is 44.9 Å². The van der Waals surface area contributed by atoms with Gasteiger partial charge in [0.1, 0.15) is 19.8 Å². The molecule has 0 atom stereocenters. The molecule has 0 spiro atoms. The summed E-state index contributed by atoms with van der Waals surface area (Å²) in [7, 11) is 2.08. The molecule has 1 aliphatic heterocycles. The molecule has 3 rings (SSSR count). The van der Waals surface area contributed by atoms with Gasteiger partial charge in [0.25, 0.3) is 0 Å². The monoisotopic (exact) mass is 343 g/mol. The third kappa shape index (κ3) is 4.79. The molecule has 2 aromatic carbocycles. The number of para-hydroxylation sites is 2.